The first-order valence-electron chi connectivity index (χ1n) is 9.59. The van der Waals surface area contributed by atoms with E-state index in [1.54, 1.807) is 19.1 Å². The number of imide groups is 1. The minimum Gasteiger partial charge on any atom is -0.376 e. The highest BCUT2D eigenvalue weighted by Gasteiger charge is 2.37. The number of hydrogen-bond acceptors (Lipinski definition) is 4. The number of benzene rings is 2. The van der Waals surface area contributed by atoms with Crippen LogP contribution in [0.2, 0.25) is 0 Å². The van der Waals surface area contributed by atoms with Crippen LogP contribution >= 0.6 is 0 Å². The van der Waals surface area contributed by atoms with E-state index < -0.39 is 5.91 Å². The SMILES string of the molecule is Cc1cc(CNC(=O)c2ccc3c(c2)C(=O)N(C[C@H]2CCCO2)C3=O)ccc1F. The first-order chi connectivity index (χ1) is 13.9. The molecule has 29 heavy (non-hydrogen) atoms. The summed E-state index contributed by atoms with van der Waals surface area (Å²) in [7, 11) is 0. The molecule has 2 heterocycles. The lowest BCUT2D eigenvalue weighted by molar-refractivity contribution is 0.0475. The molecule has 1 atom stereocenters. The molecule has 3 amide bonds. The smallest absolute Gasteiger partial charge is 0.261 e. The van der Waals surface area contributed by atoms with Crippen molar-refractivity contribution in [3.05, 3.63) is 70.0 Å². The number of fused-ring (bicyclic) bond motifs is 1. The summed E-state index contributed by atoms with van der Waals surface area (Å²) in [4.78, 5) is 39.0. The molecule has 150 valence electrons. The summed E-state index contributed by atoms with van der Waals surface area (Å²) in [6.45, 7) is 2.77. The zero-order valence-electron chi connectivity index (χ0n) is 16.0. The largest absolute Gasteiger partial charge is 0.376 e. The van der Waals surface area contributed by atoms with Gasteiger partial charge in [-0.2, -0.15) is 0 Å². The van der Waals surface area contributed by atoms with E-state index in [1.807, 2.05) is 0 Å². The van der Waals surface area contributed by atoms with E-state index in [4.69, 9.17) is 4.74 Å². The van der Waals surface area contributed by atoms with Crippen molar-refractivity contribution in [1.82, 2.24) is 10.2 Å². The highest BCUT2D eigenvalue weighted by molar-refractivity contribution is 6.22. The van der Waals surface area contributed by atoms with Crippen molar-refractivity contribution in [3.8, 4) is 0 Å². The molecule has 2 aliphatic heterocycles. The van der Waals surface area contributed by atoms with Gasteiger partial charge < -0.3 is 10.1 Å². The first kappa shape index (κ1) is 19.3. The van der Waals surface area contributed by atoms with E-state index >= 15 is 0 Å². The second-order valence-electron chi connectivity index (χ2n) is 7.38. The van der Waals surface area contributed by atoms with Gasteiger partial charge in [0.05, 0.1) is 23.8 Å². The number of ether oxygens (including phenoxy) is 1. The second-order valence-corrected chi connectivity index (χ2v) is 7.38. The predicted octanol–water partition coefficient (Wildman–Crippen LogP) is 2.84. The molecule has 0 unspecified atom stereocenters. The summed E-state index contributed by atoms with van der Waals surface area (Å²) in [6, 6.07) is 9.14. The summed E-state index contributed by atoms with van der Waals surface area (Å²) in [5, 5.41) is 2.76. The van der Waals surface area contributed by atoms with Crippen LogP contribution < -0.4 is 5.32 Å². The molecule has 0 spiro atoms. The highest BCUT2D eigenvalue weighted by atomic mass is 19.1. The van der Waals surface area contributed by atoms with Crippen molar-refractivity contribution in [2.75, 3.05) is 13.2 Å². The van der Waals surface area contributed by atoms with Crippen molar-refractivity contribution >= 4 is 17.7 Å². The molecule has 6 nitrogen and oxygen atoms in total. The molecule has 1 saturated heterocycles. The molecule has 2 aromatic carbocycles. The van der Waals surface area contributed by atoms with Crippen LogP contribution in [0.15, 0.2) is 36.4 Å². The Kier molecular flexibility index (Phi) is 5.15. The third kappa shape index (κ3) is 3.78. The van der Waals surface area contributed by atoms with Crippen LogP contribution in [0.5, 0.6) is 0 Å². The molecule has 4 rings (SSSR count). The first-order valence-corrected chi connectivity index (χ1v) is 9.59. The second kappa shape index (κ2) is 7.75. The topological polar surface area (TPSA) is 75.7 Å². The van der Waals surface area contributed by atoms with Crippen LogP contribution in [0.3, 0.4) is 0 Å². The molecule has 0 bridgehead atoms. The standard InChI is InChI=1S/C22H21FN2O4/c1-13-9-14(4-7-19(13)23)11-24-20(26)15-5-6-17-18(10-15)22(28)25(21(17)27)12-16-3-2-8-29-16/h4-7,9-10,16H,2-3,8,11-12H2,1H3,(H,24,26)/t16-/m1/s1. The maximum atomic E-state index is 13.4. The van der Waals surface area contributed by atoms with E-state index in [0.29, 0.717) is 23.3 Å². The Hall–Kier alpha value is -3.06. The Balaban J connectivity index is 1.46. The minimum absolute atomic E-state index is 0.126. The number of nitrogens with zero attached hydrogens (tertiary/aromatic N) is 1. The van der Waals surface area contributed by atoms with Crippen LogP contribution in [-0.2, 0) is 11.3 Å². The molecular weight excluding hydrogens is 375 g/mol. The lowest BCUT2D eigenvalue weighted by Crippen LogP contribution is -2.36. The number of halogens is 1. The average molecular weight is 396 g/mol. The van der Waals surface area contributed by atoms with Gasteiger partial charge in [0.2, 0.25) is 0 Å². The number of carbonyl (C=O) groups is 3. The lowest BCUT2D eigenvalue weighted by Gasteiger charge is -2.17. The Morgan fingerprint density at radius 3 is 2.69 bits per heavy atom. The van der Waals surface area contributed by atoms with Gasteiger partial charge in [-0.25, -0.2) is 4.39 Å². The van der Waals surface area contributed by atoms with Gasteiger partial charge in [0.1, 0.15) is 5.82 Å². The number of carbonyl (C=O) groups excluding carboxylic acids is 3. The van der Waals surface area contributed by atoms with E-state index in [1.165, 1.54) is 29.2 Å². The van der Waals surface area contributed by atoms with Crippen LogP contribution in [0.4, 0.5) is 4.39 Å². The molecule has 1 N–H and O–H groups in total. The molecule has 7 heteroatoms. The van der Waals surface area contributed by atoms with Crippen LogP contribution in [0.25, 0.3) is 0 Å². The normalized spacial score (nSPS) is 18.3. The van der Waals surface area contributed by atoms with Crippen molar-refractivity contribution < 1.29 is 23.5 Å². The van der Waals surface area contributed by atoms with Gasteiger partial charge in [0.15, 0.2) is 0 Å². The molecular formula is C22H21FN2O4. The Morgan fingerprint density at radius 2 is 1.97 bits per heavy atom. The fourth-order valence-electron chi connectivity index (χ4n) is 3.69. The summed E-state index contributed by atoms with van der Waals surface area (Å²) in [5.74, 6) is -1.42. The zero-order valence-corrected chi connectivity index (χ0v) is 16.0. The fourth-order valence-corrected chi connectivity index (χ4v) is 3.69. The summed E-state index contributed by atoms with van der Waals surface area (Å²) < 4.78 is 18.9. The molecule has 0 radical (unpaired) electrons. The van der Waals surface area contributed by atoms with Crippen molar-refractivity contribution in [2.45, 2.75) is 32.4 Å². The lowest BCUT2D eigenvalue weighted by atomic mass is 10.1. The van der Waals surface area contributed by atoms with E-state index in [9.17, 15) is 18.8 Å². The van der Waals surface area contributed by atoms with Gasteiger partial charge in [-0.15, -0.1) is 0 Å². The van der Waals surface area contributed by atoms with Gasteiger partial charge in [0, 0.05) is 18.7 Å². The summed E-state index contributed by atoms with van der Waals surface area (Å²) in [5.41, 5.74) is 2.11. The van der Waals surface area contributed by atoms with Crippen molar-refractivity contribution in [1.29, 1.82) is 0 Å². The maximum absolute atomic E-state index is 13.4. The number of hydrogen-bond donors (Lipinski definition) is 1. The third-order valence-electron chi connectivity index (χ3n) is 5.32. The van der Waals surface area contributed by atoms with Crippen LogP contribution in [-0.4, -0.2) is 41.9 Å². The summed E-state index contributed by atoms with van der Waals surface area (Å²) in [6.07, 6.45) is 1.62. The molecule has 1 fully saturated rings. The molecule has 0 aromatic heterocycles. The monoisotopic (exact) mass is 396 g/mol. The van der Waals surface area contributed by atoms with Gasteiger partial charge >= 0.3 is 0 Å². The molecule has 0 aliphatic carbocycles. The average Bonchev–Trinajstić information content (AvgIpc) is 3.31. The third-order valence-corrected chi connectivity index (χ3v) is 5.32. The number of rotatable bonds is 5. The number of amides is 3. The van der Waals surface area contributed by atoms with Gasteiger partial charge in [-0.05, 0) is 55.2 Å². The minimum atomic E-state index is -0.399. The highest BCUT2D eigenvalue weighted by Crippen LogP contribution is 2.26. The predicted molar refractivity (Wildman–Crippen MR) is 103 cm³/mol. The maximum Gasteiger partial charge on any atom is 0.261 e. The van der Waals surface area contributed by atoms with E-state index in [2.05, 4.69) is 5.32 Å². The zero-order chi connectivity index (χ0) is 20.5. The van der Waals surface area contributed by atoms with E-state index in [0.717, 1.165) is 18.4 Å². The van der Waals surface area contributed by atoms with Crippen molar-refractivity contribution in [3.63, 3.8) is 0 Å². The Bertz CT molecular complexity index is 998. The summed E-state index contributed by atoms with van der Waals surface area (Å²) >= 11 is 0. The molecule has 0 saturated carbocycles. The quantitative estimate of drug-likeness (QED) is 0.789. The van der Waals surface area contributed by atoms with Crippen LogP contribution in [0.1, 0.15) is 55.0 Å². The fraction of sp³-hybridized carbons (Fsp3) is 0.318. The van der Waals surface area contributed by atoms with E-state index in [-0.39, 0.29) is 42.4 Å². The Labute approximate surface area is 167 Å². The van der Waals surface area contributed by atoms with Crippen molar-refractivity contribution in [2.24, 2.45) is 0 Å². The van der Waals surface area contributed by atoms with Gasteiger partial charge in [0.25, 0.3) is 17.7 Å². The van der Waals surface area contributed by atoms with Gasteiger partial charge in [-0.3, -0.25) is 19.3 Å². The number of nitrogens with one attached hydrogen (secondary N) is 1. The Morgan fingerprint density at radius 1 is 1.17 bits per heavy atom. The van der Waals surface area contributed by atoms with Gasteiger partial charge in [-0.1, -0.05) is 12.1 Å². The molecule has 2 aromatic rings. The molecule has 2 aliphatic rings. The van der Waals surface area contributed by atoms with Crippen LogP contribution in [0, 0.1) is 12.7 Å². The number of aryl methyl sites for hydroxylation is 1.